The molecule has 0 saturated carbocycles. The normalized spacial score (nSPS) is 13.1. The molecule has 0 N–H and O–H groups in total. The summed E-state index contributed by atoms with van der Waals surface area (Å²) in [5.41, 5.74) is 1.94. The Labute approximate surface area is 128 Å². The van der Waals surface area contributed by atoms with E-state index in [1.54, 1.807) is 0 Å². The number of unbranched alkanes of at least 4 members (excludes halogenated alkanes) is 1. The van der Waals surface area contributed by atoms with Gasteiger partial charge in [-0.3, -0.25) is 0 Å². The number of hydrogen-bond acceptors (Lipinski definition) is 2. The summed E-state index contributed by atoms with van der Waals surface area (Å²) in [5.74, 6) is 2.10. The SMILES string of the molecule is CSCCCCn1c(C(C)Cl)nc2cccc(Cl)c21. The van der Waals surface area contributed by atoms with Crippen LogP contribution in [0.15, 0.2) is 18.2 Å². The first-order chi connectivity index (χ1) is 9.15. The Hall–Kier alpha value is -0.380. The Morgan fingerprint density at radius 1 is 1.37 bits per heavy atom. The summed E-state index contributed by atoms with van der Waals surface area (Å²) in [6.45, 7) is 2.88. The number of aromatic nitrogens is 2. The minimum absolute atomic E-state index is 0.107. The summed E-state index contributed by atoms with van der Waals surface area (Å²) in [4.78, 5) is 4.61. The van der Waals surface area contributed by atoms with Crippen LogP contribution in [0.2, 0.25) is 5.02 Å². The summed E-state index contributed by atoms with van der Waals surface area (Å²) in [6, 6.07) is 5.83. The van der Waals surface area contributed by atoms with Crippen molar-refractivity contribution in [3.8, 4) is 0 Å². The molecule has 104 valence electrons. The molecule has 1 aromatic heterocycles. The largest absolute Gasteiger partial charge is 0.326 e. The Bertz CT molecular complexity index is 552. The highest BCUT2D eigenvalue weighted by atomic mass is 35.5. The maximum Gasteiger partial charge on any atom is 0.127 e. The molecule has 0 aliphatic carbocycles. The van der Waals surface area contributed by atoms with Crippen molar-refractivity contribution in [2.75, 3.05) is 12.0 Å². The highest BCUT2D eigenvalue weighted by molar-refractivity contribution is 7.98. The number of benzene rings is 1. The molecule has 2 aromatic rings. The van der Waals surface area contributed by atoms with Gasteiger partial charge in [-0.2, -0.15) is 11.8 Å². The summed E-state index contributed by atoms with van der Waals surface area (Å²) in [7, 11) is 0. The number of hydrogen-bond donors (Lipinski definition) is 0. The van der Waals surface area contributed by atoms with E-state index in [9.17, 15) is 0 Å². The Morgan fingerprint density at radius 3 is 2.84 bits per heavy atom. The highest BCUT2D eigenvalue weighted by Crippen LogP contribution is 2.29. The molecule has 2 rings (SSSR count). The highest BCUT2D eigenvalue weighted by Gasteiger charge is 2.16. The van der Waals surface area contributed by atoms with Crippen molar-refractivity contribution in [3.05, 3.63) is 29.0 Å². The molecule has 1 atom stereocenters. The Morgan fingerprint density at radius 2 is 2.16 bits per heavy atom. The summed E-state index contributed by atoms with van der Waals surface area (Å²) >= 11 is 14.4. The van der Waals surface area contributed by atoms with E-state index in [0.29, 0.717) is 0 Å². The van der Waals surface area contributed by atoms with E-state index < -0.39 is 0 Å². The zero-order chi connectivity index (χ0) is 13.8. The predicted molar refractivity (Wildman–Crippen MR) is 86.6 cm³/mol. The van der Waals surface area contributed by atoms with Gasteiger partial charge in [0.1, 0.15) is 5.82 Å². The first kappa shape index (κ1) is 15.0. The second-order valence-electron chi connectivity index (χ2n) is 4.55. The average molecular weight is 317 g/mol. The molecular weight excluding hydrogens is 299 g/mol. The number of para-hydroxylation sites is 1. The fraction of sp³-hybridized carbons (Fsp3) is 0.500. The van der Waals surface area contributed by atoms with Crippen LogP contribution in [0.5, 0.6) is 0 Å². The van der Waals surface area contributed by atoms with E-state index >= 15 is 0 Å². The molecule has 1 aromatic carbocycles. The topological polar surface area (TPSA) is 17.8 Å². The number of nitrogens with zero attached hydrogens (tertiary/aromatic N) is 2. The molecule has 1 heterocycles. The van der Waals surface area contributed by atoms with Crippen LogP contribution >= 0.6 is 35.0 Å². The van der Waals surface area contributed by atoms with Crippen LogP contribution in [-0.2, 0) is 6.54 Å². The van der Waals surface area contributed by atoms with Gasteiger partial charge in [0.2, 0.25) is 0 Å². The monoisotopic (exact) mass is 316 g/mol. The molecule has 0 aliphatic heterocycles. The number of aryl methyl sites for hydroxylation is 1. The molecule has 0 spiro atoms. The molecule has 0 fully saturated rings. The third-order valence-corrected chi connectivity index (χ3v) is 4.28. The lowest BCUT2D eigenvalue weighted by Crippen LogP contribution is -2.05. The third kappa shape index (κ3) is 3.39. The van der Waals surface area contributed by atoms with Crippen LogP contribution in [0.3, 0.4) is 0 Å². The number of rotatable bonds is 6. The standard InChI is InChI=1S/C14H18Cl2N2S/c1-10(15)14-17-12-7-5-6-11(16)13(12)18(14)8-3-4-9-19-2/h5-7,10H,3-4,8-9H2,1-2H3. The Balaban J connectivity index is 2.34. The molecule has 0 saturated heterocycles. The van der Waals surface area contributed by atoms with Crippen LogP contribution < -0.4 is 0 Å². The number of imidazole rings is 1. The average Bonchev–Trinajstić information content (AvgIpc) is 2.75. The smallest absolute Gasteiger partial charge is 0.127 e. The van der Waals surface area contributed by atoms with E-state index in [1.807, 2.05) is 36.9 Å². The first-order valence-corrected chi connectivity index (χ1v) is 8.63. The number of thioether (sulfide) groups is 1. The van der Waals surface area contributed by atoms with Crippen LogP contribution in [0.25, 0.3) is 11.0 Å². The molecule has 19 heavy (non-hydrogen) atoms. The van der Waals surface area contributed by atoms with Gasteiger partial charge in [0.25, 0.3) is 0 Å². The zero-order valence-electron chi connectivity index (χ0n) is 11.2. The molecule has 0 aliphatic rings. The van der Waals surface area contributed by atoms with Gasteiger partial charge in [-0.05, 0) is 43.9 Å². The predicted octanol–water partition coefficient (Wildman–Crippen LogP) is 5.13. The van der Waals surface area contributed by atoms with Gasteiger partial charge >= 0.3 is 0 Å². The molecule has 0 radical (unpaired) electrons. The zero-order valence-corrected chi connectivity index (χ0v) is 13.5. The van der Waals surface area contributed by atoms with Crippen LogP contribution in [0, 0.1) is 0 Å². The van der Waals surface area contributed by atoms with Gasteiger partial charge in [-0.1, -0.05) is 17.7 Å². The van der Waals surface area contributed by atoms with Crippen molar-refractivity contribution in [2.45, 2.75) is 31.7 Å². The van der Waals surface area contributed by atoms with Crippen molar-refractivity contribution < 1.29 is 0 Å². The van der Waals surface area contributed by atoms with Gasteiger partial charge in [0.15, 0.2) is 0 Å². The van der Waals surface area contributed by atoms with Crippen molar-refractivity contribution in [1.29, 1.82) is 0 Å². The first-order valence-electron chi connectivity index (χ1n) is 6.42. The van der Waals surface area contributed by atoms with Crippen molar-refractivity contribution in [3.63, 3.8) is 0 Å². The minimum atomic E-state index is -0.107. The van der Waals surface area contributed by atoms with Gasteiger partial charge < -0.3 is 4.57 Å². The van der Waals surface area contributed by atoms with Crippen LogP contribution in [0.4, 0.5) is 0 Å². The lowest BCUT2D eigenvalue weighted by molar-refractivity contribution is 0.619. The molecule has 2 nitrogen and oxygen atoms in total. The molecule has 5 heteroatoms. The summed E-state index contributed by atoms with van der Waals surface area (Å²) < 4.78 is 2.18. The lowest BCUT2D eigenvalue weighted by Gasteiger charge is -2.11. The van der Waals surface area contributed by atoms with E-state index in [1.165, 1.54) is 12.2 Å². The van der Waals surface area contributed by atoms with Gasteiger partial charge in [0, 0.05) is 6.54 Å². The fourth-order valence-electron chi connectivity index (χ4n) is 2.21. The maximum absolute atomic E-state index is 6.31. The molecule has 1 unspecified atom stereocenters. The second kappa shape index (κ2) is 6.87. The fourth-order valence-corrected chi connectivity index (χ4v) is 3.14. The maximum atomic E-state index is 6.31. The number of fused-ring (bicyclic) bond motifs is 1. The van der Waals surface area contributed by atoms with Gasteiger partial charge in [-0.15, -0.1) is 11.6 Å². The Kier molecular flexibility index (Phi) is 5.43. The van der Waals surface area contributed by atoms with Crippen molar-refractivity contribution in [2.24, 2.45) is 0 Å². The minimum Gasteiger partial charge on any atom is -0.326 e. The van der Waals surface area contributed by atoms with Crippen molar-refractivity contribution in [1.82, 2.24) is 9.55 Å². The molecule has 0 amide bonds. The van der Waals surface area contributed by atoms with E-state index in [-0.39, 0.29) is 5.38 Å². The van der Waals surface area contributed by atoms with E-state index in [4.69, 9.17) is 23.2 Å². The van der Waals surface area contributed by atoms with Gasteiger partial charge in [0.05, 0.1) is 21.4 Å². The second-order valence-corrected chi connectivity index (χ2v) is 6.59. The van der Waals surface area contributed by atoms with Crippen LogP contribution in [0.1, 0.15) is 31.0 Å². The summed E-state index contributed by atoms with van der Waals surface area (Å²) in [6.07, 6.45) is 4.45. The number of halogens is 2. The van der Waals surface area contributed by atoms with E-state index in [2.05, 4.69) is 15.8 Å². The third-order valence-electron chi connectivity index (χ3n) is 3.08. The molecular formula is C14H18Cl2N2S. The molecule has 0 bridgehead atoms. The lowest BCUT2D eigenvalue weighted by atomic mass is 10.3. The summed E-state index contributed by atoms with van der Waals surface area (Å²) in [5, 5.41) is 0.641. The van der Waals surface area contributed by atoms with Crippen molar-refractivity contribution >= 4 is 46.0 Å². The van der Waals surface area contributed by atoms with E-state index in [0.717, 1.165) is 34.8 Å². The van der Waals surface area contributed by atoms with Gasteiger partial charge in [-0.25, -0.2) is 4.98 Å². The number of alkyl halides is 1. The van der Waals surface area contributed by atoms with Crippen LogP contribution in [-0.4, -0.2) is 21.6 Å². The quantitative estimate of drug-likeness (QED) is 0.543.